The van der Waals surface area contributed by atoms with Crippen LogP contribution in [0.2, 0.25) is 10.0 Å². The van der Waals surface area contributed by atoms with Crippen molar-refractivity contribution in [3.8, 4) is 33.9 Å². The molecule has 5 rings (SSSR count). The first-order chi connectivity index (χ1) is 13.7. The molecular formula is C24H16Cl2N2. The van der Waals surface area contributed by atoms with Crippen molar-refractivity contribution in [3.05, 3.63) is 94.0 Å². The van der Waals surface area contributed by atoms with Gasteiger partial charge in [-0.05, 0) is 54.8 Å². The number of fused-ring (bicyclic) bond motifs is 3. The van der Waals surface area contributed by atoms with Crippen LogP contribution in [0.5, 0.6) is 0 Å². The topological polar surface area (TPSA) is 25.8 Å². The van der Waals surface area contributed by atoms with Crippen LogP contribution in [0.15, 0.2) is 72.8 Å². The van der Waals surface area contributed by atoms with Crippen LogP contribution in [0.3, 0.4) is 0 Å². The lowest BCUT2D eigenvalue weighted by molar-refractivity contribution is 0.916. The summed E-state index contributed by atoms with van der Waals surface area (Å²) in [6, 6.07) is 24.0. The van der Waals surface area contributed by atoms with E-state index in [9.17, 15) is 0 Å². The maximum atomic E-state index is 6.11. The summed E-state index contributed by atoms with van der Waals surface area (Å²) in [6.45, 7) is 0. The van der Waals surface area contributed by atoms with Crippen molar-refractivity contribution in [2.75, 3.05) is 0 Å². The highest BCUT2D eigenvalue weighted by Gasteiger charge is 2.23. The highest BCUT2D eigenvalue weighted by Crippen LogP contribution is 2.38. The molecule has 3 aromatic carbocycles. The smallest absolute Gasteiger partial charge is 0.160 e. The number of aryl methyl sites for hydroxylation is 1. The lowest BCUT2D eigenvalue weighted by Crippen LogP contribution is -2.10. The summed E-state index contributed by atoms with van der Waals surface area (Å²) in [5, 5.41) is 1.42. The molecule has 136 valence electrons. The van der Waals surface area contributed by atoms with E-state index in [0.717, 1.165) is 40.4 Å². The van der Waals surface area contributed by atoms with Gasteiger partial charge in [-0.3, -0.25) is 0 Å². The van der Waals surface area contributed by atoms with Crippen molar-refractivity contribution in [2.24, 2.45) is 0 Å². The van der Waals surface area contributed by atoms with E-state index in [4.69, 9.17) is 33.2 Å². The van der Waals surface area contributed by atoms with Crippen LogP contribution in [0.1, 0.15) is 11.1 Å². The fourth-order valence-electron chi connectivity index (χ4n) is 3.75. The van der Waals surface area contributed by atoms with Crippen LogP contribution in [-0.4, -0.2) is 9.97 Å². The Morgan fingerprint density at radius 2 is 1.21 bits per heavy atom. The summed E-state index contributed by atoms with van der Waals surface area (Å²) in [4.78, 5) is 9.94. The van der Waals surface area contributed by atoms with Crippen LogP contribution >= 0.6 is 23.2 Å². The van der Waals surface area contributed by atoms with E-state index in [2.05, 4.69) is 24.3 Å². The Morgan fingerprint density at radius 3 is 1.93 bits per heavy atom. The normalized spacial score (nSPS) is 12.4. The van der Waals surface area contributed by atoms with Crippen LogP contribution in [0.4, 0.5) is 0 Å². The lowest BCUT2D eigenvalue weighted by atomic mass is 9.87. The van der Waals surface area contributed by atoms with Gasteiger partial charge in [0, 0.05) is 32.3 Å². The van der Waals surface area contributed by atoms with E-state index in [1.165, 1.54) is 16.7 Å². The van der Waals surface area contributed by atoms with Crippen molar-refractivity contribution in [1.82, 2.24) is 9.97 Å². The van der Waals surface area contributed by atoms with Crippen LogP contribution < -0.4 is 0 Å². The monoisotopic (exact) mass is 402 g/mol. The molecule has 1 aliphatic carbocycles. The van der Waals surface area contributed by atoms with Gasteiger partial charge < -0.3 is 0 Å². The lowest BCUT2D eigenvalue weighted by Gasteiger charge is -2.22. The predicted molar refractivity (Wildman–Crippen MR) is 116 cm³/mol. The van der Waals surface area contributed by atoms with E-state index in [1.54, 1.807) is 0 Å². The van der Waals surface area contributed by atoms with E-state index < -0.39 is 0 Å². The van der Waals surface area contributed by atoms with Crippen molar-refractivity contribution >= 4 is 23.2 Å². The molecule has 4 heteroatoms. The highest BCUT2D eigenvalue weighted by molar-refractivity contribution is 6.30. The third kappa shape index (κ3) is 3.09. The standard InChI is InChI=1S/C24H16Cl2N2/c25-18-10-5-16(6-11-18)22-21-14-9-15-3-1-2-4-20(15)23(21)28-24(27-22)17-7-12-19(26)13-8-17/h1-8,10-13H,9,14H2. The fourth-order valence-corrected chi connectivity index (χ4v) is 4.00. The number of hydrogen-bond donors (Lipinski definition) is 0. The molecule has 0 bridgehead atoms. The van der Waals surface area contributed by atoms with Gasteiger partial charge in [-0.1, -0.05) is 59.6 Å². The van der Waals surface area contributed by atoms with Gasteiger partial charge in [0.15, 0.2) is 5.82 Å². The Bertz CT molecular complexity index is 1170. The molecule has 28 heavy (non-hydrogen) atoms. The minimum atomic E-state index is 0.699. The summed E-state index contributed by atoms with van der Waals surface area (Å²) < 4.78 is 0. The quantitative estimate of drug-likeness (QED) is 0.365. The molecule has 0 aliphatic heterocycles. The van der Waals surface area contributed by atoms with Gasteiger partial charge >= 0.3 is 0 Å². The average Bonchev–Trinajstić information content (AvgIpc) is 2.74. The Morgan fingerprint density at radius 1 is 0.607 bits per heavy atom. The molecule has 0 amide bonds. The molecule has 0 atom stereocenters. The van der Waals surface area contributed by atoms with Gasteiger partial charge in [-0.2, -0.15) is 0 Å². The molecule has 0 spiro atoms. The molecule has 0 radical (unpaired) electrons. The molecule has 0 saturated heterocycles. The van der Waals surface area contributed by atoms with E-state index >= 15 is 0 Å². The maximum absolute atomic E-state index is 6.11. The summed E-state index contributed by atoms with van der Waals surface area (Å²) >= 11 is 12.2. The molecule has 4 aromatic rings. The third-order valence-electron chi connectivity index (χ3n) is 5.14. The highest BCUT2D eigenvalue weighted by atomic mass is 35.5. The largest absolute Gasteiger partial charge is 0.228 e. The zero-order valence-electron chi connectivity index (χ0n) is 15.0. The number of nitrogens with zero attached hydrogens (tertiary/aromatic N) is 2. The Kier molecular flexibility index (Phi) is 4.38. The van der Waals surface area contributed by atoms with Crippen molar-refractivity contribution in [2.45, 2.75) is 12.8 Å². The SMILES string of the molecule is Clc1ccc(-c2nc(-c3ccc(Cl)cc3)c3c(n2)-c2ccccc2CC3)cc1. The van der Waals surface area contributed by atoms with Crippen molar-refractivity contribution < 1.29 is 0 Å². The van der Waals surface area contributed by atoms with Crippen LogP contribution in [0.25, 0.3) is 33.9 Å². The van der Waals surface area contributed by atoms with Crippen molar-refractivity contribution in [3.63, 3.8) is 0 Å². The summed E-state index contributed by atoms with van der Waals surface area (Å²) in [6.07, 6.45) is 1.92. The zero-order valence-corrected chi connectivity index (χ0v) is 16.5. The molecule has 1 aromatic heterocycles. The van der Waals surface area contributed by atoms with Gasteiger partial charge in [0.2, 0.25) is 0 Å². The molecule has 2 nitrogen and oxygen atoms in total. The first kappa shape index (κ1) is 17.4. The van der Waals surface area contributed by atoms with Gasteiger partial charge in [-0.25, -0.2) is 9.97 Å². The molecule has 0 saturated carbocycles. The summed E-state index contributed by atoms with van der Waals surface area (Å²) in [5.41, 5.74) is 7.71. The Balaban J connectivity index is 1.78. The molecular weight excluding hydrogens is 387 g/mol. The number of hydrogen-bond acceptors (Lipinski definition) is 2. The second kappa shape index (κ2) is 7.05. The number of rotatable bonds is 2. The Labute approximate surface area is 173 Å². The minimum Gasteiger partial charge on any atom is -0.228 e. The van der Waals surface area contributed by atoms with Gasteiger partial charge in [0.25, 0.3) is 0 Å². The maximum Gasteiger partial charge on any atom is 0.160 e. The third-order valence-corrected chi connectivity index (χ3v) is 5.65. The van der Waals surface area contributed by atoms with E-state index in [0.29, 0.717) is 10.8 Å². The van der Waals surface area contributed by atoms with E-state index in [1.807, 2.05) is 48.5 Å². The number of benzene rings is 3. The van der Waals surface area contributed by atoms with Gasteiger partial charge in [0.1, 0.15) is 0 Å². The summed E-state index contributed by atoms with van der Waals surface area (Å²) in [7, 11) is 0. The first-order valence-corrected chi connectivity index (χ1v) is 9.96. The molecule has 0 unspecified atom stereocenters. The zero-order chi connectivity index (χ0) is 19.1. The second-order valence-electron chi connectivity index (χ2n) is 6.89. The summed E-state index contributed by atoms with van der Waals surface area (Å²) in [5.74, 6) is 0.706. The second-order valence-corrected chi connectivity index (χ2v) is 7.77. The van der Waals surface area contributed by atoms with Crippen LogP contribution in [-0.2, 0) is 12.8 Å². The van der Waals surface area contributed by atoms with Gasteiger partial charge in [0.05, 0.1) is 11.4 Å². The molecule has 0 fully saturated rings. The minimum absolute atomic E-state index is 0.699. The van der Waals surface area contributed by atoms with Crippen molar-refractivity contribution in [1.29, 1.82) is 0 Å². The van der Waals surface area contributed by atoms with Crippen LogP contribution in [0, 0.1) is 0 Å². The van der Waals surface area contributed by atoms with E-state index in [-0.39, 0.29) is 0 Å². The average molecular weight is 403 g/mol. The first-order valence-electron chi connectivity index (χ1n) is 9.20. The molecule has 1 heterocycles. The number of halogens is 2. The fraction of sp³-hybridized carbons (Fsp3) is 0.0833. The Hall–Kier alpha value is -2.68. The molecule has 0 N–H and O–H groups in total. The number of aromatic nitrogens is 2. The predicted octanol–water partition coefficient (Wildman–Crippen LogP) is 6.88. The molecule has 1 aliphatic rings. The van der Waals surface area contributed by atoms with Gasteiger partial charge in [-0.15, -0.1) is 0 Å².